The smallest absolute Gasteiger partial charge is 0.411 e. The first-order valence-corrected chi connectivity index (χ1v) is 10.4. The van der Waals surface area contributed by atoms with Crippen LogP contribution in [0.25, 0.3) is 0 Å². The monoisotopic (exact) mass is 395 g/mol. The van der Waals surface area contributed by atoms with Crippen molar-refractivity contribution >= 4 is 12.1 Å². The average molecular weight is 395 g/mol. The average Bonchev–Trinajstić information content (AvgIpc) is 2.76. The molecule has 1 aliphatic carbocycles. The maximum Gasteiger partial charge on any atom is 0.411 e. The van der Waals surface area contributed by atoms with Crippen molar-refractivity contribution in [2.24, 2.45) is 5.92 Å². The molecule has 0 bridgehead atoms. The molecule has 1 saturated carbocycles. The summed E-state index contributed by atoms with van der Waals surface area (Å²) in [6.45, 7) is 0.346. The summed E-state index contributed by atoms with van der Waals surface area (Å²) in [7, 11) is 0. The summed E-state index contributed by atoms with van der Waals surface area (Å²) >= 11 is 0. The van der Waals surface area contributed by atoms with E-state index in [0.717, 1.165) is 36.8 Å². The molecular formula is C24H29NO4. The molecular weight excluding hydrogens is 366 g/mol. The van der Waals surface area contributed by atoms with Gasteiger partial charge in [0.15, 0.2) is 0 Å². The van der Waals surface area contributed by atoms with Gasteiger partial charge in [-0.1, -0.05) is 92.8 Å². The van der Waals surface area contributed by atoms with Crippen molar-refractivity contribution in [1.29, 1.82) is 0 Å². The Labute approximate surface area is 172 Å². The van der Waals surface area contributed by atoms with Gasteiger partial charge < -0.3 is 9.84 Å². The summed E-state index contributed by atoms with van der Waals surface area (Å²) in [5.74, 6) is -0.631. The summed E-state index contributed by atoms with van der Waals surface area (Å²) in [4.78, 5) is 26.5. The SMILES string of the molecule is O=C(O)C(CC1CCCCC1)N(Cc1ccccc1)C(=O)OCc1ccccc1. The second-order valence-electron chi connectivity index (χ2n) is 7.75. The van der Waals surface area contributed by atoms with Gasteiger partial charge in [0, 0.05) is 6.54 Å². The predicted octanol–water partition coefficient (Wildman–Crippen LogP) is 5.25. The Balaban J connectivity index is 1.75. The lowest BCUT2D eigenvalue weighted by molar-refractivity contribution is -0.143. The standard InChI is InChI=1S/C24H29NO4/c26-23(27)22(16-19-10-4-1-5-11-19)25(17-20-12-6-2-7-13-20)24(28)29-18-21-14-8-3-9-15-21/h2-3,6-9,12-15,19,22H,1,4-5,10-11,16-18H2,(H,26,27). The first-order chi connectivity index (χ1) is 14.1. The molecule has 0 aromatic heterocycles. The Morgan fingerprint density at radius 3 is 2.10 bits per heavy atom. The van der Waals surface area contributed by atoms with Gasteiger partial charge in [-0.25, -0.2) is 9.59 Å². The fraction of sp³-hybridized carbons (Fsp3) is 0.417. The van der Waals surface area contributed by atoms with E-state index in [2.05, 4.69) is 0 Å². The number of carbonyl (C=O) groups excluding carboxylic acids is 1. The summed E-state index contributed by atoms with van der Waals surface area (Å²) in [5.41, 5.74) is 1.76. The Morgan fingerprint density at radius 2 is 1.52 bits per heavy atom. The second kappa shape index (κ2) is 10.6. The highest BCUT2D eigenvalue weighted by molar-refractivity contribution is 5.80. The van der Waals surface area contributed by atoms with Gasteiger partial charge >= 0.3 is 12.1 Å². The van der Waals surface area contributed by atoms with E-state index in [9.17, 15) is 14.7 Å². The molecule has 154 valence electrons. The minimum atomic E-state index is -0.969. The van der Waals surface area contributed by atoms with Crippen LogP contribution < -0.4 is 0 Å². The molecule has 5 heteroatoms. The van der Waals surface area contributed by atoms with Crippen LogP contribution in [-0.4, -0.2) is 28.1 Å². The van der Waals surface area contributed by atoms with Crippen molar-refractivity contribution < 1.29 is 19.4 Å². The molecule has 5 nitrogen and oxygen atoms in total. The van der Waals surface area contributed by atoms with Crippen LogP contribution in [0.15, 0.2) is 60.7 Å². The number of carbonyl (C=O) groups is 2. The molecule has 3 rings (SSSR count). The third kappa shape index (κ3) is 6.34. The number of hydrogen-bond acceptors (Lipinski definition) is 3. The Bertz CT molecular complexity index is 772. The topological polar surface area (TPSA) is 66.8 Å². The summed E-state index contributed by atoms with van der Waals surface area (Å²) < 4.78 is 5.51. The molecule has 2 aromatic carbocycles. The normalized spacial score (nSPS) is 15.4. The van der Waals surface area contributed by atoms with E-state index in [1.54, 1.807) is 0 Å². The van der Waals surface area contributed by atoms with Gasteiger partial charge in [0.1, 0.15) is 12.6 Å². The summed E-state index contributed by atoms with van der Waals surface area (Å²) in [6.07, 6.45) is 5.43. The van der Waals surface area contributed by atoms with E-state index >= 15 is 0 Å². The van der Waals surface area contributed by atoms with Crippen molar-refractivity contribution in [2.75, 3.05) is 0 Å². The minimum Gasteiger partial charge on any atom is -0.480 e. The van der Waals surface area contributed by atoms with Crippen molar-refractivity contribution in [1.82, 2.24) is 4.90 Å². The van der Waals surface area contributed by atoms with Gasteiger partial charge in [-0.3, -0.25) is 4.90 Å². The third-order valence-electron chi connectivity index (χ3n) is 5.58. The fourth-order valence-corrected chi connectivity index (χ4v) is 3.98. The van der Waals surface area contributed by atoms with Gasteiger partial charge in [0.2, 0.25) is 0 Å². The van der Waals surface area contributed by atoms with Crippen LogP contribution >= 0.6 is 0 Å². The highest BCUT2D eigenvalue weighted by Gasteiger charge is 2.33. The maximum atomic E-state index is 12.9. The molecule has 1 aliphatic rings. The van der Waals surface area contributed by atoms with Crippen molar-refractivity contribution in [3.8, 4) is 0 Å². The van der Waals surface area contributed by atoms with Crippen molar-refractivity contribution in [3.63, 3.8) is 0 Å². The lowest BCUT2D eigenvalue weighted by Gasteiger charge is -2.32. The quantitative estimate of drug-likeness (QED) is 0.663. The van der Waals surface area contributed by atoms with Gasteiger partial charge in [-0.2, -0.15) is 0 Å². The molecule has 29 heavy (non-hydrogen) atoms. The van der Waals surface area contributed by atoms with E-state index in [1.165, 1.54) is 11.3 Å². The largest absolute Gasteiger partial charge is 0.480 e. The number of rotatable bonds is 8. The summed E-state index contributed by atoms with van der Waals surface area (Å²) in [6, 6.07) is 18.0. The molecule has 1 atom stereocenters. The van der Waals surface area contributed by atoms with Crippen molar-refractivity contribution in [2.45, 2.75) is 57.7 Å². The van der Waals surface area contributed by atoms with Gasteiger partial charge in [-0.05, 0) is 23.5 Å². The van der Waals surface area contributed by atoms with Gasteiger partial charge in [0.05, 0.1) is 0 Å². The van der Waals surface area contributed by atoms with E-state index in [-0.39, 0.29) is 13.2 Å². The molecule has 2 aromatic rings. The molecule has 0 heterocycles. The first kappa shape index (κ1) is 20.9. The molecule has 0 radical (unpaired) electrons. The minimum absolute atomic E-state index is 0.126. The van der Waals surface area contributed by atoms with Gasteiger partial charge in [-0.15, -0.1) is 0 Å². The zero-order valence-corrected chi connectivity index (χ0v) is 16.7. The number of carboxylic acid groups (broad SMARTS) is 1. The van der Waals surface area contributed by atoms with Crippen LogP contribution in [0.4, 0.5) is 4.79 Å². The number of carboxylic acids is 1. The molecule has 1 fully saturated rings. The number of amides is 1. The number of aliphatic carboxylic acids is 1. The molecule has 0 aliphatic heterocycles. The lowest BCUT2D eigenvalue weighted by Crippen LogP contribution is -2.46. The lowest BCUT2D eigenvalue weighted by atomic mass is 9.84. The molecule has 0 saturated heterocycles. The highest BCUT2D eigenvalue weighted by Crippen LogP contribution is 2.29. The zero-order chi connectivity index (χ0) is 20.5. The van der Waals surface area contributed by atoms with E-state index < -0.39 is 18.1 Å². The highest BCUT2D eigenvalue weighted by atomic mass is 16.6. The molecule has 1 amide bonds. The molecule has 1 N–H and O–H groups in total. The Kier molecular flexibility index (Phi) is 7.68. The maximum absolute atomic E-state index is 12.9. The van der Waals surface area contributed by atoms with E-state index in [1.807, 2.05) is 60.7 Å². The van der Waals surface area contributed by atoms with Crippen LogP contribution in [0, 0.1) is 5.92 Å². The zero-order valence-electron chi connectivity index (χ0n) is 16.7. The second-order valence-corrected chi connectivity index (χ2v) is 7.75. The van der Waals surface area contributed by atoms with Crippen LogP contribution in [0.5, 0.6) is 0 Å². The number of ether oxygens (including phenoxy) is 1. The molecule has 0 spiro atoms. The Hall–Kier alpha value is -2.82. The first-order valence-electron chi connectivity index (χ1n) is 10.4. The number of hydrogen-bond donors (Lipinski definition) is 1. The van der Waals surface area contributed by atoms with Gasteiger partial charge in [0.25, 0.3) is 0 Å². The van der Waals surface area contributed by atoms with Crippen LogP contribution in [0.3, 0.4) is 0 Å². The fourth-order valence-electron chi connectivity index (χ4n) is 3.98. The summed E-state index contributed by atoms with van der Waals surface area (Å²) in [5, 5.41) is 9.94. The van der Waals surface area contributed by atoms with Crippen LogP contribution in [-0.2, 0) is 22.7 Å². The number of nitrogens with zero attached hydrogens (tertiary/aromatic N) is 1. The van der Waals surface area contributed by atoms with Crippen LogP contribution in [0.2, 0.25) is 0 Å². The number of benzene rings is 2. The van der Waals surface area contributed by atoms with E-state index in [4.69, 9.17) is 4.74 Å². The van der Waals surface area contributed by atoms with Crippen molar-refractivity contribution in [3.05, 3.63) is 71.8 Å². The molecule has 1 unspecified atom stereocenters. The van der Waals surface area contributed by atoms with Crippen LogP contribution in [0.1, 0.15) is 49.7 Å². The third-order valence-corrected chi connectivity index (χ3v) is 5.58. The van der Waals surface area contributed by atoms with E-state index in [0.29, 0.717) is 12.3 Å². The Morgan fingerprint density at radius 1 is 0.931 bits per heavy atom. The predicted molar refractivity (Wildman–Crippen MR) is 111 cm³/mol.